The fourth-order valence-electron chi connectivity index (χ4n) is 1.94. The summed E-state index contributed by atoms with van der Waals surface area (Å²) in [5, 5.41) is 10.5. The van der Waals surface area contributed by atoms with Crippen molar-refractivity contribution in [3.8, 4) is 5.75 Å². The van der Waals surface area contributed by atoms with Crippen LogP contribution in [0.3, 0.4) is 0 Å². The van der Waals surface area contributed by atoms with Crippen molar-refractivity contribution in [2.24, 2.45) is 0 Å². The lowest BCUT2D eigenvalue weighted by molar-refractivity contribution is 0.463. The van der Waals surface area contributed by atoms with Crippen LogP contribution in [0, 0.1) is 13.8 Å². The van der Waals surface area contributed by atoms with E-state index in [1.807, 2.05) is 0 Å². The van der Waals surface area contributed by atoms with Crippen molar-refractivity contribution < 1.29 is 9.52 Å². The van der Waals surface area contributed by atoms with Gasteiger partial charge in [0.15, 0.2) is 5.43 Å². The van der Waals surface area contributed by atoms with Crippen LogP contribution in [0.2, 0.25) is 0 Å². The third kappa shape index (κ3) is 1.84. The number of hydrogen-bond donors (Lipinski definition) is 1. The van der Waals surface area contributed by atoms with E-state index in [0.717, 1.165) is 0 Å². The van der Waals surface area contributed by atoms with Crippen molar-refractivity contribution >= 4 is 11.0 Å². The van der Waals surface area contributed by atoms with Gasteiger partial charge in [-0.2, -0.15) is 0 Å². The van der Waals surface area contributed by atoms with Crippen LogP contribution < -0.4 is 5.43 Å². The maximum Gasteiger partial charge on any atom is 0.192 e. The number of fused-ring (bicyclic) bond motifs is 1. The van der Waals surface area contributed by atoms with E-state index in [1.54, 1.807) is 26.0 Å². The third-order valence-electron chi connectivity index (χ3n) is 2.79. The minimum Gasteiger partial charge on any atom is -0.507 e. The van der Waals surface area contributed by atoms with Crippen LogP contribution in [0.4, 0.5) is 0 Å². The number of allylic oxidation sites excluding steroid dienone is 1. The van der Waals surface area contributed by atoms with E-state index < -0.39 is 0 Å². The van der Waals surface area contributed by atoms with E-state index >= 15 is 0 Å². The van der Waals surface area contributed by atoms with E-state index in [0.29, 0.717) is 34.3 Å². The number of aryl methyl sites for hydroxylation is 2. The molecule has 0 aliphatic heterocycles. The zero-order valence-corrected chi connectivity index (χ0v) is 9.91. The van der Waals surface area contributed by atoms with Crippen LogP contribution in [-0.2, 0) is 6.42 Å². The molecule has 0 saturated heterocycles. The van der Waals surface area contributed by atoms with Gasteiger partial charge in [0.2, 0.25) is 0 Å². The molecular weight excluding hydrogens is 216 g/mol. The second kappa shape index (κ2) is 4.09. The maximum absolute atomic E-state index is 11.9. The van der Waals surface area contributed by atoms with E-state index in [4.69, 9.17) is 4.42 Å². The highest BCUT2D eigenvalue weighted by Gasteiger charge is 2.12. The lowest BCUT2D eigenvalue weighted by atomic mass is 10.0. The van der Waals surface area contributed by atoms with Crippen LogP contribution >= 0.6 is 0 Å². The van der Waals surface area contributed by atoms with Crippen molar-refractivity contribution in [2.45, 2.75) is 20.3 Å². The zero-order chi connectivity index (χ0) is 12.6. The molecule has 0 atom stereocenters. The van der Waals surface area contributed by atoms with Gasteiger partial charge >= 0.3 is 0 Å². The fourth-order valence-corrected chi connectivity index (χ4v) is 1.94. The minimum atomic E-state index is -0.0860. The van der Waals surface area contributed by atoms with Crippen LogP contribution in [0.5, 0.6) is 5.75 Å². The molecule has 0 aliphatic rings. The van der Waals surface area contributed by atoms with Gasteiger partial charge in [-0.1, -0.05) is 6.08 Å². The van der Waals surface area contributed by atoms with Crippen LogP contribution in [0.25, 0.3) is 11.0 Å². The largest absolute Gasteiger partial charge is 0.507 e. The minimum absolute atomic E-state index is 0.0860. The topological polar surface area (TPSA) is 50.4 Å². The summed E-state index contributed by atoms with van der Waals surface area (Å²) in [6.45, 7) is 7.09. The number of phenols is 1. The number of phenolic OH excluding ortho intramolecular Hbond substituents is 1. The van der Waals surface area contributed by atoms with Gasteiger partial charge in [-0.25, -0.2) is 0 Å². The molecule has 0 fully saturated rings. The predicted molar refractivity (Wildman–Crippen MR) is 67.5 cm³/mol. The molecule has 0 amide bonds. The van der Waals surface area contributed by atoms with Gasteiger partial charge in [-0.15, -0.1) is 6.58 Å². The second-order valence-corrected chi connectivity index (χ2v) is 4.10. The van der Waals surface area contributed by atoms with Gasteiger partial charge in [0, 0.05) is 11.6 Å². The molecular formula is C14H14O3. The predicted octanol–water partition coefficient (Wildman–Crippen LogP) is 2.84. The fraction of sp³-hybridized carbons (Fsp3) is 0.214. The van der Waals surface area contributed by atoms with Gasteiger partial charge in [-0.3, -0.25) is 4.79 Å². The first kappa shape index (κ1) is 11.5. The summed E-state index contributed by atoms with van der Waals surface area (Å²) in [5.41, 5.74) is 1.67. The highest BCUT2D eigenvalue weighted by atomic mass is 16.3. The molecule has 0 aliphatic carbocycles. The first-order chi connectivity index (χ1) is 8.04. The molecule has 0 saturated carbocycles. The lowest BCUT2D eigenvalue weighted by Crippen LogP contribution is -2.02. The summed E-state index contributed by atoms with van der Waals surface area (Å²) in [6, 6.07) is 3.13. The lowest BCUT2D eigenvalue weighted by Gasteiger charge is -2.08. The molecule has 17 heavy (non-hydrogen) atoms. The summed E-state index contributed by atoms with van der Waals surface area (Å²) < 4.78 is 5.50. The molecule has 0 spiro atoms. The molecule has 3 heteroatoms. The van der Waals surface area contributed by atoms with E-state index in [9.17, 15) is 9.90 Å². The summed E-state index contributed by atoms with van der Waals surface area (Å²) in [4.78, 5) is 11.9. The Labute approximate surface area is 99.0 Å². The molecule has 88 valence electrons. The second-order valence-electron chi connectivity index (χ2n) is 4.10. The smallest absolute Gasteiger partial charge is 0.192 e. The molecule has 1 aromatic heterocycles. The molecule has 1 N–H and O–H groups in total. The Bertz CT molecular complexity index is 651. The monoisotopic (exact) mass is 230 g/mol. The molecule has 1 heterocycles. The molecule has 2 rings (SSSR count). The average Bonchev–Trinajstić information content (AvgIpc) is 2.27. The van der Waals surface area contributed by atoms with E-state index in [2.05, 4.69) is 6.58 Å². The van der Waals surface area contributed by atoms with E-state index in [1.165, 1.54) is 6.07 Å². The van der Waals surface area contributed by atoms with Crippen LogP contribution in [-0.4, -0.2) is 5.11 Å². The first-order valence-electron chi connectivity index (χ1n) is 5.41. The molecule has 0 radical (unpaired) electrons. The summed E-state index contributed by atoms with van der Waals surface area (Å²) in [7, 11) is 0. The van der Waals surface area contributed by atoms with Crippen molar-refractivity contribution in [2.75, 3.05) is 0 Å². The normalized spacial score (nSPS) is 10.7. The molecule has 0 unspecified atom stereocenters. The highest BCUT2D eigenvalue weighted by molar-refractivity contribution is 5.83. The van der Waals surface area contributed by atoms with Crippen LogP contribution in [0.15, 0.2) is 34.0 Å². The summed E-state index contributed by atoms with van der Waals surface area (Å²) >= 11 is 0. The molecule has 0 bridgehead atoms. The van der Waals surface area contributed by atoms with Gasteiger partial charge in [0.25, 0.3) is 0 Å². The average molecular weight is 230 g/mol. The van der Waals surface area contributed by atoms with Gasteiger partial charge in [-0.05, 0) is 31.9 Å². The Hall–Kier alpha value is -2.03. The number of rotatable bonds is 2. The SMILES string of the molecule is C=CCc1cc2c(=O)cc(C)oc2c(C)c1O. The Balaban J connectivity index is 2.90. The standard InChI is InChI=1S/C14H14O3/c1-4-5-10-7-11-12(15)6-8(2)17-14(11)9(3)13(10)16/h4,6-7,16H,1,5H2,2-3H3. The maximum atomic E-state index is 11.9. The molecule has 3 nitrogen and oxygen atoms in total. The molecule has 1 aromatic carbocycles. The first-order valence-corrected chi connectivity index (χ1v) is 5.41. The summed E-state index contributed by atoms with van der Waals surface area (Å²) in [5.74, 6) is 0.715. The number of benzene rings is 1. The van der Waals surface area contributed by atoms with Gasteiger partial charge < -0.3 is 9.52 Å². The Morgan fingerprint density at radius 3 is 2.76 bits per heavy atom. The number of aromatic hydroxyl groups is 1. The Kier molecular flexibility index (Phi) is 2.76. The van der Waals surface area contributed by atoms with Crippen molar-refractivity contribution in [3.05, 3.63) is 51.9 Å². The van der Waals surface area contributed by atoms with Gasteiger partial charge in [0.05, 0.1) is 5.39 Å². The van der Waals surface area contributed by atoms with Crippen molar-refractivity contribution in [1.82, 2.24) is 0 Å². The Morgan fingerprint density at radius 2 is 2.12 bits per heavy atom. The zero-order valence-electron chi connectivity index (χ0n) is 9.91. The van der Waals surface area contributed by atoms with Gasteiger partial charge in [0.1, 0.15) is 17.1 Å². The third-order valence-corrected chi connectivity index (χ3v) is 2.79. The van der Waals surface area contributed by atoms with Crippen LogP contribution in [0.1, 0.15) is 16.9 Å². The molecule has 2 aromatic rings. The van der Waals surface area contributed by atoms with E-state index in [-0.39, 0.29) is 11.2 Å². The van der Waals surface area contributed by atoms with Crippen molar-refractivity contribution in [1.29, 1.82) is 0 Å². The number of hydrogen-bond acceptors (Lipinski definition) is 3. The summed E-state index contributed by atoms with van der Waals surface area (Å²) in [6.07, 6.45) is 2.21. The highest BCUT2D eigenvalue weighted by Crippen LogP contribution is 2.30. The quantitative estimate of drug-likeness (QED) is 0.807. The van der Waals surface area contributed by atoms with Crippen molar-refractivity contribution in [3.63, 3.8) is 0 Å². The Morgan fingerprint density at radius 1 is 1.41 bits per heavy atom.